The molecular formula is C32H24N4O3. The van der Waals surface area contributed by atoms with Crippen LogP contribution in [0.3, 0.4) is 0 Å². The quantitative estimate of drug-likeness (QED) is 0.185. The van der Waals surface area contributed by atoms with Gasteiger partial charge in [-0.25, -0.2) is 10.3 Å². The first kappa shape index (κ1) is 23.1. The number of hydrogen-bond donors (Lipinski definition) is 2. The fourth-order valence-electron chi connectivity index (χ4n) is 6.84. The minimum Gasteiger partial charge on any atom is -0.398 e. The number of carbonyl (C=O) groups is 3. The van der Waals surface area contributed by atoms with Crippen LogP contribution in [0.4, 0.5) is 11.4 Å². The number of hydrogen-bond acceptors (Lipinski definition) is 5. The molecule has 4 aromatic rings. The topological polar surface area (TPSA) is 105 Å². The van der Waals surface area contributed by atoms with Gasteiger partial charge in [-0.2, -0.15) is 5.10 Å². The van der Waals surface area contributed by atoms with E-state index in [2.05, 4.69) is 10.5 Å². The number of nitrogens with two attached hydrogens (primary N) is 1. The third-order valence-electron chi connectivity index (χ3n) is 8.34. The molecule has 4 aliphatic rings. The van der Waals surface area contributed by atoms with Crippen LogP contribution in [0.2, 0.25) is 0 Å². The van der Waals surface area contributed by atoms with Crippen molar-refractivity contribution in [2.45, 2.75) is 11.3 Å². The van der Waals surface area contributed by atoms with Gasteiger partial charge in [-0.05, 0) is 46.5 Å². The predicted molar refractivity (Wildman–Crippen MR) is 148 cm³/mol. The third kappa shape index (κ3) is 3.10. The Bertz CT molecular complexity index is 1650. The maximum atomic E-state index is 14.3. The average Bonchev–Trinajstić information content (AvgIpc) is 3.24. The number of nitrogens with one attached hydrogen (secondary N) is 1. The van der Waals surface area contributed by atoms with E-state index in [-0.39, 0.29) is 17.7 Å². The average molecular weight is 513 g/mol. The fraction of sp³-hybridized carbons (Fsp3) is 0.125. The summed E-state index contributed by atoms with van der Waals surface area (Å²) in [6, 6.07) is 31.7. The van der Waals surface area contributed by atoms with Crippen molar-refractivity contribution in [2.75, 3.05) is 10.6 Å². The molecule has 1 fully saturated rings. The van der Waals surface area contributed by atoms with Crippen LogP contribution in [0.1, 0.15) is 38.5 Å². The highest BCUT2D eigenvalue weighted by Crippen LogP contribution is 2.63. The van der Waals surface area contributed by atoms with Crippen molar-refractivity contribution in [3.8, 4) is 0 Å². The first-order valence-electron chi connectivity index (χ1n) is 12.8. The van der Waals surface area contributed by atoms with Crippen molar-refractivity contribution >= 4 is 35.3 Å². The number of imide groups is 1. The van der Waals surface area contributed by atoms with E-state index < -0.39 is 23.2 Å². The van der Waals surface area contributed by atoms with Crippen LogP contribution >= 0.6 is 0 Å². The maximum Gasteiger partial charge on any atom is 0.273 e. The number of nitrogen functional groups attached to an aromatic ring is 1. The standard InChI is InChI=1S/C32H24N4O3/c33-25-17-9-6-14-22(25)29(37)35-34-18-32-23-15-7-4-12-20(23)26(21-13-5-8-16-24(21)32)27-28(32)31(39)36(30(27)38)19-10-2-1-3-11-19/h1-18,26-28H,33H2,(H,35,37)/b34-18-/t26?,27-,28-,32?/m1/s1. The van der Waals surface area contributed by atoms with Gasteiger partial charge in [-0.1, -0.05) is 78.9 Å². The van der Waals surface area contributed by atoms with Gasteiger partial charge in [-0.15, -0.1) is 0 Å². The van der Waals surface area contributed by atoms with Crippen LogP contribution in [0, 0.1) is 11.8 Å². The summed E-state index contributed by atoms with van der Waals surface area (Å²) in [5.41, 5.74) is 12.6. The Morgan fingerprint density at radius 3 is 2.05 bits per heavy atom. The van der Waals surface area contributed by atoms with Gasteiger partial charge in [0.05, 0.1) is 28.5 Å². The van der Waals surface area contributed by atoms with Crippen LogP contribution in [0.25, 0.3) is 0 Å². The summed E-state index contributed by atoms with van der Waals surface area (Å²) in [7, 11) is 0. The lowest BCUT2D eigenvalue weighted by Crippen LogP contribution is -2.54. The number of hydrazone groups is 1. The summed E-state index contributed by atoms with van der Waals surface area (Å²) in [5, 5.41) is 4.43. The van der Waals surface area contributed by atoms with Crippen molar-refractivity contribution in [3.05, 3.63) is 131 Å². The van der Waals surface area contributed by atoms with Gasteiger partial charge in [0.1, 0.15) is 0 Å². The molecule has 1 aliphatic heterocycles. The minimum absolute atomic E-state index is 0.218. The fourth-order valence-corrected chi connectivity index (χ4v) is 6.84. The van der Waals surface area contributed by atoms with Crippen molar-refractivity contribution in [3.63, 3.8) is 0 Å². The molecular weight excluding hydrogens is 488 g/mol. The molecule has 3 N–H and O–H groups in total. The van der Waals surface area contributed by atoms with Crippen molar-refractivity contribution in [1.82, 2.24) is 5.43 Å². The smallest absolute Gasteiger partial charge is 0.273 e. The number of rotatable bonds is 4. The van der Waals surface area contributed by atoms with Crippen LogP contribution < -0.4 is 16.1 Å². The second-order valence-corrected chi connectivity index (χ2v) is 10.2. The van der Waals surface area contributed by atoms with Crippen molar-refractivity contribution in [1.29, 1.82) is 0 Å². The Balaban J connectivity index is 1.41. The summed E-state index contributed by atoms with van der Waals surface area (Å²) in [6.45, 7) is 0. The van der Waals surface area contributed by atoms with E-state index in [1.807, 2.05) is 66.7 Å². The van der Waals surface area contributed by atoms with E-state index in [0.717, 1.165) is 22.3 Å². The highest BCUT2D eigenvalue weighted by Gasteiger charge is 2.68. The molecule has 1 saturated heterocycles. The summed E-state index contributed by atoms with van der Waals surface area (Å²) in [6.07, 6.45) is 1.65. The monoisotopic (exact) mass is 512 g/mol. The first-order chi connectivity index (χ1) is 19.0. The van der Waals surface area contributed by atoms with E-state index in [1.54, 1.807) is 42.6 Å². The highest BCUT2D eigenvalue weighted by atomic mass is 16.2. The molecule has 190 valence electrons. The molecule has 3 aliphatic carbocycles. The molecule has 0 unspecified atom stereocenters. The number of carbonyl (C=O) groups excluding carboxylic acids is 3. The Kier molecular flexibility index (Phi) is 5.03. The van der Waals surface area contributed by atoms with Crippen molar-refractivity contribution in [2.24, 2.45) is 16.9 Å². The Morgan fingerprint density at radius 1 is 0.795 bits per heavy atom. The van der Waals surface area contributed by atoms with E-state index in [9.17, 15) is 14.4 Å². The van der Waals surface area contributed by atoms with Gasteiger partial charge in [0.2, 0.25) is 11.8 Å². The number of anilines is 2. The third-order valence-corrected chi connectivity index (χ3v) is 8.34. The summed E-state index contributed by atoms with van der Waals surface area (Å²) in [5.74, 6) is -2.53. The van der Waals surface area contributed by atoms with E-state index in [1.165, 1.54) is 4.90 Å². The molecule has 1 heterocycles. The van der Waals surface area contributed by atoms with Gasteiger partial charge < -0.3 is 5.73 Å². The number of amides is 3. The highest BCUT2D eigenvalue weighted by molar-refractivity contribution is 6.25. The molecule has 39 heavy (non-hydrogen) atoms. The van der Waals surface area contributed by atoms with Gasteiger partial charge in [0, 0.05) is 17.8 Å². The number of nitrogens with zero attached hydrogens (tertiary/aromatic N) is 2. The van der Waals surface area contributed by atoms with Gasteiger partial charge in [0.25, 0.3) is 5.91 Å². The zero-order chi connectivity index (χ0) is 26.7. The zero-order valence-corrected chi connectivity index (χ0v) is 20.8. The SMILES string of the molecule is Nc1ccccc1C(=O)N/N=C\C12c3ccccc3C(c3ccccc31)[C@H]1C(=O)N(c3ccccc3)C(=O)[C@@H]12. The molecule has 4 aromatic carbocycles. The van der Waals surface area contributed by atoms with E-state index >= 15 is 0 Å². The lowest BCUT2D eigenvalue weighted by Gasteiger charge is -2.52. The van der Waals surface area contributed by atoms with Gasteiger partial charge in [-0.3, -0.25) is 14.4 Å². The van der Waals surface area contributed by atoms with Crippen LogP contribution in [-0.2, 0) is 15.0 Å². The normalized spacial score (nSPS) is 24.4. The van der Waals surface area contributed by atoms with Crippen molar-refractivity contribution < 1.29 is 14.4 Å². The molecule has 0 spiro atoms. The first-order valence-corrected chi connectivity index (χ1v) is 12.8. The van der Waals surface area contributed by atoms with Gasteiger partial charge in [0.15, 0.2) is 0 Å². The molecule has 0 radical (unpaired) electrons. The molecule has 7 heteroatoms. The Morgan fingerprint density at radius 2 is 1.38 bits per heavy atom. The summed E-state index contributed by atoms with van der Waals surface area (Å²) in [4.78, 5) is 42.6. The summed E-state index contributed by atoms with van der Waals surface area (Å²) >= 11 is 0. The Hall–Kier alpha value is -5.04. The summed E-state index contributed by atoms with van der Waals surface area (Å²) < 4.78 is 0. The van der Waals surface area contributed by atoms with Gasteiger partial charge >= 0.3 is 0 Å². The molecule has 0 aromatic heterocycles. The largest absolute Gasteiger partial charge is 0.398 e. The van der Waals surface area contributed by atoms with Crippen LogP contribution in [-0.4, -0.2) is 23.9 Å². The minimum atomic E-state index is -1.06. The molecule has 3 amide bonds. The molecule has 0 saturated carbocycles. The molecule has 2 atom stereocenters. The second-order valence-electron chi connectivity index (χ2n) is 10.2. The van der Waals surface area contributed by atoms with Crippen LogP contribution in [0.15, 0.2) is 108 Å². The maximum absolute atomic E-state index is 14.3. The molecule has 8 rings (SSSR count). The lowest BCUT2D eigenvalue weighted by molar-refractivity contribution is -0.122. The zero-order valence-electron chi connectivity index (χ0n) is 20.8. The second kappa shape index (κ2) is 8.49. The molecule has 7 nitrogen and oxygen atoms in total. The molecule has 2 bridgehead atoms. The lowest BCUT2D eigenvalue weighted by atomic mass is 9.47. The van der Waals surface area contributed by atoms with Crippen LogP contribution in [0.5, 0.6) is 0 Å². The Labute approximate surface area is 225 Å². The van der Waals surface area contributed by atoms with E-state index in [0.29, 0.717) is 16.9 Å². The van der Waals surface area contributed by atoms with E-state index in [4.69, 9.17) is 5.73 Å². The number of para-hydroxylation sites is 2. The predicted octanol–water partition coefficient (Wildman–Crippen LogP) is 4.24. The number of benzene rings is 4.